The summed E-state index contributed by atoms with van der Waals surface area (Å²) in [5, 5.41) is 12.7. The molecule has 178 valence electrons. The van der Waals surface area contributed by atoms with Gasteiger partial charge >= 0.3 is 6.18 Å². The minimum absolute atomic E-state index is 0.0416. The van der Waals surface area contributed by atoms with Crippen molar-refractivity contribution in [2.45, 2.75) is 115 Å². The summed E-state index contributed by atoms with van der Waals surface area (Å²) in [6.07, 6.45) is 3.34. The minimum atomic E-state index is -4.52. The van der Waals surface area contributed by atoms with Gasteiger partial charge in [0.15, 0.2) is 0 Å². The summed E-state index contributed by atoms with van der Waals surface area (Å²) in [7, 11) is 0. The lowest BCUT2D eigenvalue weighted by Gasteiger charge is -2.65. The van der Waals surface area contributed by atoms with Gasteiger partial charge in [-0.25, -0.2) is 0 Å². The molecule has 0 saturated heterocycles. The second-order valence-electron chi connectivity index (χ2n) is 11.8. The molecule has 4 aliphatic rings. The van der Waals surface area contributed by atoms with Gasteiger partial charge in [-0.1, -0.05) is 25.4 Å². The Labute approximate surface area is 183 Å². The van der Waals surface area contributed by atoms with E-state index in [2.05, 4.69) is 19.0 Å². The highest BCUT2D eigenvalue weighted by molar-refractivity contribution is 5.18. The monoisotopic (exact) mass is 444 g/mol. The number of hydrogen-bond donors (Lipinski definition) is 2. The second-order valence-corrected chi connectivity index (χ2v) is 11.8. The average Bonchev–Trinajstić information content (AvgIpc) is 3.04. The van der Waals surface area contributed by atoms with Gasteiger partial charge in [-0.15, -0.1) is 0 Å². The van der Waals surface area contributed by atoms with E-state index in [1.165, 1.54) is 0 Å². The van der Waals surface area contributed by atoms with E-state index in [1.54, 1.807) is 0 Å². The molecule has 4 saturated carbocycles. The highest BCUT2D eigenvalue weighted by Crippen LogP contribution is 2.68. The summed E-state index contributed by atoms with van der Waals surface area (Å²) in [4.78, 5) is 11.1. The highest BCUT2D eigenvalue weighted by atomic mass is 19.4. The largest absolute Gasteiger partial charge is 0.414 e. The molecule has 0 spiro atoms. The summed E-state index contributed by atoms with van der Waals surface area (Å²) in [5.74, 6) is 1.78. The third-order valence-corrected chi connectivity index (χ3v) is 10.6. The van der Waals surface area contributed by atoms with Gasteiger partial charge in [-0.2, -0.15) is 18.1 Å². The van der Waals surface area contributed by atoms with E-state index in [0.29, 0.717) is 30.1 Å². The number of halogens is 3. The molecular formula is C24H39F3N2O2. The lowest BCUT2D eigenvalue weighted by molar-refractivity contribution is -0.205. The van der Waals surface area contributed by atoms with Gasteiger partial charge in [0, 0.05) is 5.54 Å². The zero-order valence-corrected chi connectivity index (χ0v) is 19.0. The third-order valence-electron chi connectivity index (χ3n) is 10.6. The van der Waals surface area contributed by atoms with Crippen LogP contribution >= 0.6 is 0 Å². The van der Waals surface area contributed by atoms with Gasteiger partial charge in [0.1, 0.15) is 6.10 Å². The minimum Gasteiger partial charge on any atom is -0.384 e. The van der Waals surface area contributed by atoms with Gasteiger partial charge < -0.3 is 10.8 Å². The maximum absolute atomic E-state index is 12.7. The molecule has 0 aromatic heterocycles. The Balaban J connectivity index is 1.46. The Kier molecular flexibility index (Phi) is 6.03. The van der Waals surface area contributed by atoms with Crippen LogP contribution in [0.5, 0.6) is 0 Å². The molecule has 3 N–H and O–H groups in total. The number of nitrogens with two attached hydrogens (primary N) is 1. The number of aliphatic hydroxyl groups excluding tert-OH is 1. The van der Waals surface area contributed by atoms with Gasteiger partial charge in [-0.05, 0) is 105 Å². The summed E-state index contributed by atoms with van der Waals surface area (Å²) in [6.45, 7) is 4.74. The SMILES string of the molecule is C[C@]12CC[C@H](N=O)CC1CC[C@]1(N)C2CC[C@@]2(C)C1CC[C@@H]2CCC[C@@H](O)C(F)(F)F. The molecule has 3 unspecified atom stereocenters. The number of aliphatic hydroxyl groups is 1. The highest BCUT2D eigenvalue weighted by Gasteiger charge is 2.65. The number of rotatable bonds is 5. The van der Waals surface area contributed by atoms with E-state index < -0.39 is 12.3 Å². The molecule has 31 heavy (non-hydrogen) atoms. The lowest BCUT2D eigenvalue weighted by atomic mass is 9.42. The standard InChI is InChI=1S/C24H39F3N2O2/c1-21-12-10-19-22(2)11-9-17(29-31)14-16(22)8-13-23(19,28)18(21)7-6-15(21)4-3-5-20(30)24(25,26)27/h15-20,30H,3-14,28H2,1-2H3/t15-,16?,17-,18?,19?,20+,21+,22-,23+/m0/s1. The summed E-state index contributed by atoms with van der Waals surface area (Å²) >= 11 is 0. The van der Waals surface area contributed by atoms with Crippen LogP contribution in [-0.2, 0) is 0 Å². The number of hydrogen-bond acceptors (Lipinski definition) is 4. The van der Waals surface area contributed by atoms with Crippen LogP contribution in [0.1, 0.15) is 90.9 Å². The predicted molar refractivity (Wildman–Crippen MR) is 114 cm³/mol. The van der Waals surface area contributed by atoms with Crippen molar-refractivity contribution in [3.05, 3.63) is 4.91 Å². The van der Waals surface area contributed by atoms with Gasteiger partial charge in [0.2, 0.25) is 0 Å². The molecule has 0 bridgehead atoms. The van der Waals surface area contributed by atoms with Crippen molar-refractivity contribution in [3.63, 3.8) is 0 Å². The molecule has 0 heterocycles. The molecule has 0 radical (unpaired) electrons. The fraction of sp³-hybridized carbons (Fsp3) is 1.00. The van der Waals surface area contributed by atoms with Crippen molar-refractivity contribution in [1.29, 1.82) is 0 Å². The molecule has 0 aromatic rings. The van der Waals surface area contributed by atoms with E-state index in [1.807, 2.05) is 0 Å². The van der Waals surface area contributed by atoms with Crippen molar-refractivity contribution < 1.29 is 18.3 Å². The van der Waals surface area contributed by atoms with Crippen LogP contribution in [0.2, 0.25) is 0 Å². The van der Waals surface area contributed by atoms with Crippen molar-refractivity contribution in [2.24, 2.45) is 45.4 Å². The molecule has 9 atom stereocenters. The second kappa shape index (κ2) is 7.96. The first-order chi connectivity index (χ1) is 14.4. The Hall–Kier alpha value is -0.690. The number of nitroso groups, excluding NO2 is 1. The molecule has 4 aliphatic carbocycles. The van der Waals surface area contributed by atoms with Gasteiger partial charge in [0.05, 0.1) is 6.04 Å². The van der Waals surface area contributed by atoms with E-state index in [0.717, 1.165) is 64.2 Å². The number of alkyl halides is 3. The van der Waals surface area contributed by atoms with Crippen LogP contribution in [0.15, 0.2) is 5.18 Å². The van der Waals surface area contributed by atoms with E-state index >= 15 is 0 Å². The number of fused-ring (bicyclic) bond motifs is 5. The first-order valence-corrected chi connectivity index (χ1v) is 12.3. The Bertz CT molecular complexity index is 688. The van der Waals surface area contributed by atoms with E-state index in [4.69, 9.17) is 5.73 Å². The molecule has 4 fully saturated rings. The summed E-state index contributed by atoms with van der Waals surface area (Å²) in [6, 6.07) is -0.0416. The van der Waals surface area contributed by atoms with Gasteiger partial charge in [-0.3, -0.25) is 0 Å². The molecule has 4 rings (SSSR count). The average molecular weight is 445 g/mol. The lowest BCUT2D eigenvalue weighted by Crippen LogP contribution is -2.68. The molecule has 0 amide bonds. The topological polar surface area (TPSA) is 75.7 Å². The van der Waals surface area contributed by atoms with Crippen molar-refractivity contribution >= 4 is 0 Å². The molecule has 7 heteroatoms. The summed E-state index contributed by atoms with van der Waals surface area (Å²) < 4.78 is 38.0. The third kappa shape index (κ3) is 3.75. The first-order valence-electron chi connectivity index (χ1n) is 12.3. The van der Waals surface area contributed by atoms with Crippen LogP contribution in [0.25, 0.3) is 0 Å². The zero-order valence-electron chi connectivity index (χ0n) is 19.0. The normalized spacial score (nSPS) is 48.4. The zero-order chi connectivity index (χ0) is 22.7. The number of nitrogens with zero attached hydrogens (tertiary/aromatic N) is 1. The molecule has 0 aromatic carbocycles. The Morgan fingerprint density at radius 1 is 1.03 bits per heavy atom. The van der Waals surface area contributed by atoms with E-state index in [-0.39, 0.29) is 28.8 Å². The van der Waals surface area contributed by atoms with Crippen molar-refractivity contribution in [1.82, 2.24) is 0 Å². The van der Waals surface area contributed by atoms with Gasteiger partial charge in [0.25, 0.3) is 0 Å². The fourth-order valence-corrected chi connectivity index (χ4v) is 8.85. The van der Waals surface area contributed by atoms with Crippen LogP contribution in [0.4, 0.5) is 13.2 Å². The fourth-order valence-electron chi connectivity index (χ4n) is 8.85. The predicted octanol–water partition coefficient (Wildman–Crippen LogP) is 5.96. The smallest absolute Gasteiger partial charge is 0.384 e. The quantitative estimate of drug-likeness (QED) is 0.514. The first kappa shape index (κ1) is 23.5. The van der Waals surface area contributed by atoms with Crippen molar-refractivity contribution in [2.75, 3.05) is 0 Å². The van der Waals surface area contributed by atoms with Crippen LogP contribution in [0.3, 0.4) is 0 Å². The van der Waals surface area contributed by atoms with Crippen LogP contribution in [0, 0.1) is 39.4 Å². The summed E-state index contributed by atoms with van der Waals surface area (Å²) in [5.41, 5.74) is 7.36. The maximum Gasteiger partial charge on any atom is 0.414 e. The Morgan fingerprint density at radius 3 is 2.39 bits per heavy atom. The van der Waals surface area contributed by atoms with E-state index in [9.17, 15) is 23.2 Å². The maximum atomic E-state index is 12.7. The van der Waals surface area contributed by atoms with Crippen LogP contribution in [-0.4, -0.2) is 29.0 Å². The van der Waals surface area contributed by atoms with Crippen molar-refractivity contribution in [3.8, 4) is 0 Å². The molecular weight excluding hydrogens is 405 g/mol. The molecule has 4 nitrogen and oxygen atoms in total. The Morgan fingerprint density at radius 2 is 1.71 bits per heavy atom. The van der Waals surface area contributed by atoms with Crippen LogP contribution < -0.4 is 5.73 Å². The molecule has 0 aliphatic heterocycles.